The van der Waals surface area contributed by atoms with Gasteiger partial charge >= 0.3 is 0 Å². The average molecular weight is 349 g/mol. The van der Waals surface area contributed by atoms with Crippen LogP contribution in [-0.4, -0.2) is 19.5 Å². The van der Waals surface area contributed by atoms with Gasteiger partial charge in [0, 0.05) is 19.4 Å². The Morgan fingerprint density at radius 1 is 0.880 bits per heavy atom. The van der Waals surface area contributed by atoms with E-state index in [4.69, 9.17) is 9.47 Å². The first-order chi connectivity index (χ1) is 12.4. The van der Waals surface area contributed by atoms with Gasteiger partial charge in [0.1, 0.15) is 0 Å². The van der Waals surface area contributed by atoms with Crippen molar-refractivity contribution in [2.24, 2.45) is 0 Å². The lowest BCUT2D eigenvalue weighted by molar-refractivity contribution is -0.161. The first-order valence-corrected chi connectivity index (χ1v) is 10.8. The van der Waals surface area contributed by atoms with E-state index in [1.54, 1.807) is 0 Å². The Labute approximate surface area is 156 Å². The molecule has 0 aromatic rings. The second-order valence-corrected chi connectivity index (χ2v) is 7.04. The lowest BCUT2D eigenvalue weighted by atomic mass is 10.1. The van der Waals surface area contributed by atoms with Gasteiger partial charge in [-0.2, -0.15) is 0 Å². The number of hydrogen-bond donors (Lipinski definition) is 0. The normalized spacial score (nSPS) is 17.6. The van der Waals surface area contributed by atoms with Crippen molar-refractivity contribution in [1.29, 1.82) is 0 Å². The molecule has 144 valence electrons. The predicted octanol–water partition coefficient (Wildman–Crippen LogP) is 6.79. The lowest BCUT2D eigenvalue weighted by Gasteiger charge is -2.22. The van der Waals surface area contributed by atoms with E-state index < -0.39 is 0 Å². The van der Waals surface area contributed by atoms with Crippen LogP contribution in [0.3, 0.4) is 0 Å². The van der Waals surface area contributed by atoms with Gasteiger partial charge in [-0.05, 0) is 44.9 Å². The minimum Gasteiger partial charge on any atom is -0.353 e. The summed E-state index contributed by atoms with van der Waals surface area (Å²) < 4.78 is 11.2. The Hall–Kier alpha value is -0.780. The summed E-state index contributed by atoms with van der Waals surface area (Å²) in [7, 11) is 0. The zero-order chi connectivity index (χ0) is 17.8. The van der Waals surface area contributed by atoms with Gasteiger partial charge in [0.05, 0.1) is 6.61 Å². The number of rotatable bonds is 14. The zero-order valence-corrected chi connectivity index (χ0v) is 16.6. The molecule has 0 aromatic carbocycles. The second-order valence-electron chi connectivity index (χ2n) is 7.04. The van der Waals surface area contributed by atoms with Crippen LogP contribution in [0.5, 0.6) is 0 Å². The molecule has 1 aliphatic rings. The number of hydrogen-bond acceptors (Lipinski definition) is 2. The minimum atomic E-state index is 0.0300. The van der Waals surface area contributed by atoms with Crippen LogP contribution in [0.4, 0.5) is 0 Å². The Kier molecular flexibility index (Phi) is 16.0. The summed E-state index contributed by atoms with van der Waals surface area (Å²) in [5.41, 5.74) is 0. The van der Waals surface area contributed by atoms with E-state index in [1.807, 2.05) is 0 Å². The summed E-state index contributed by atoms with van der Waals surface area (Å²) >= 11 is 0. The molecule has 0 aromatic heterocycles. The topological polar surface area (TPSA) is 18.5 Å². The van der Waals surface area contributed by atoms with E-state index in [2.05, 4.69) is 30.9 Å². The third kappa shape index (κ3) is 15.2. The predicted molar refractivity (Wildman–Crippen MR) is 108 cm³/mol. The molecular weight excluding hydrogens is 308 g/mol. The highest BCUT2D eigenvalue weighted by molar-refractivity contribution is 4.98. The van der Waals surface area contributed by atoms with Crippen molar-refractivity contribution in [3.63, 3.8) is 0 Å². The minimum absolute atomic E-state index is 0.0300. The highest BCUT2D eigenvalue weighted by Gasteiger charge is 2.12. The van der Waals surface area contributed by atoms with Crippen molar-refractivity contribution in [2.45, 2.75) is 110 Å². The van der Waals surface area contributed by atoms with E-state index in [1.165, 1.54) is 77.0 Å². The Balaban J connectivity index is 1.76. The Bertz CT molecular complexity index is 358. The summed E-state index contributed by atoms with van der Waals surface area (Å²) in [6.45, 7) is 3.82. The van der Waals surface area contributed by atoms with Gasteiger partial charge in [0.2, 0.25) is 0 Å². The molecule has 0 radical (unpaired) electrons. The van der Waals surface area contributed by atoms with Gasteiger partial charge < -0.3 is 9.47 Å². The lowest BCUT2D eigenvalue weighted by Crippen LogP contribution is -2.22. The van der Waals surface area contributed by atoms with Crippen molar-refractivity contribution in [3.05, 3.63) is 12.2 Å². The van der Waals surface area contributed by atoms with E-state index in [-0.39, 0.29) is 6.29 Å². The number of allylic oxidation sites excluding steroid dienone is 2. The second kappa shape index (κ2) is 18.0. The van der Waals surface area contributed by atoms with Gasteiger partial charge in [-0.25, -0.2) is 0 Å². The van der Waals surface area contributed by atoms with Crippen LogP contribution in [-0.2, 0) is 9.47 Å². The zero-order valence-electron chi connectivity index (χ0n) is 16.6. The average Bonchev–Trinajstić information content (AvgIpc) is 2.65. The first-order valence-electron chi connectivity index (χ1n) is 10.8. The molecule has 0 bridgehead atoms. The molecule has 1 atom stereocenters. The van der Waals surface area contributed by atoms with Crippen LogP contribution in [0, 0.1) is 11.8 Å². The van der Waals surface area contributed by atoms with E-state index in [0.717, 1.165) is 25.9 Å². The molecule has 2 heteroatoms. The highest BCUT2D eigenvalue weighted by Crippen LogP contribution is 2.13. The third-order valence-electron chi connectivity index (χ3n) is 4.61. The quantitative estimate of drug-likeness (QED) is 0.195. The Morgan fingerprint density at radius 2 is 1.60 bits per heavy atom. The van der Waals surface area contributed by atoms with Crippen molar-refractivity contribution in [1.82, 2.24) is 0 Å². The van der Waals surface area contributed by atoms with Crippen LogP contribution in [0.2, 0.25) is 0 Å². The fourth-order valence-corrected chi connectivity index (χ4v) is 3.00. The summed E-state index contributed by atoms with van der Waals surface area (Å²) in [5.74, 6) is 6.51. The molecule has 1 unspecified atom stereocenters. The fraction of sp³-hybridized carbons (Fsp3) is 0.826. The van der Waals surface area contributed by atoms with Gasteiger partial charge in [0.25, 0.3) is 0 Å². The van der Waals surface area contributed by atoms with Crippen molar-refractivity contribution in [2.75, 3.05) is 13.2 Å². The van der Waals surface area contributed by atoms with Crippen molar-refractivity contribution in [3.8, 4) is 11.8 Å². The highest BCUT2D eigenvalue weighted by atomic mass is 16.7. The largest absolute Gasteiger partial charge is 0.353 e. The molecule has 0 aliphatic carbocycles. The molecule has 0 amide bonds. The van der Waals surface area contributed by atoms with Crippen LogP contribution in [0.1, 0.15) is 103 Å². The molecule has 1 heterocycles. The molecule has 1 saturated heterocycles. The van der Waals surface area contributed by atoms with E-state index in [0.29, 0.717) is 6.61 Å². The standard InChI is InChI=1S/C23H40O2/c1-2-3-4-5-6-7-8-9-10-11-12-13-14-15-16-18-21-24-23-20-17-19-22-25-23/h5-6,23H,2-4,7-14,17-22H2,1H3/b6-5+. The van der Waals surface area contributed by atoms with Gasteiger partial charge in [0.15, 0.2) is 6.29 Å². The Morgan fingerprint density at radius 3 is 2.36 bits per heavy atom. The third-order valence-corrected chi connectivity index (χ3v) is 4.61. The number of unbranched alkanes of at least 4 members (excludes halogenated alkanes) is 9. The maximum absolute atomic E-state index is 5.67. The summed E-state index contributed by atoms with van der Waals surface area (Å²) in [6, 6.07) is 0. The van der Waals surface area contributed by atoms with Crippen LogP contribution >= 0.6 is 0 Å². The monoisotopic (exact) mass is 348 g/mol. The summed E-state index contributed by atoms with van der Waals surface area (Å²) in [5, 5.41) is 0. The maximum atomic E-state index is 5.67. The van der Waals surface area contributed by atoms with E-state index in [9.17, 15) is 0 Å². The van der Waals surface area contributed by atoms with Gasteiger partial charge in [-0.3, -0.25) is 0 Å². The smallest absolute Gasteiger partial charge is 0.157 e. The maximum Gasteiger partial charge on any atom is 0.157 e. The van der Waals surface area contributed by atoms with Gasteiger partial charge in [-0.1, -0.05) is 57.6 Å². The van der Waals surface area contributed by atoms with E-state index >= 15 is 0 Å². The van der Waals surface area contributed by atoms with Gasteiger partial charge in [-0.15, -0.1) is 11.8 Å². The molecule has 1 aliphatic heterocycles. The molecule has 0 saturated carbocycles. The molecular formula is C23H40O2. The molecule has 2 nitrogen and oxygen atoms in total. The summed E-state index contributed by atoms with van der Waals surface area (Å²) in [4.78, 5) is 0. The molecule has 25 heavy (non-hydrogen) atoms. The van der Waals surface area contributed by atoms with Crippen LogP contribution in [0.25, 0.3) is 0 Å². The molecule has 1 rings (SSSR count). The van der Waals surface area contributed by atoms with Crippen molar-refractivity contribution < 1.29 is 9.47 Å². The van der Waals surface area contributed by atoms with Crippen molar-refractivity contribution >= 4 is 0 Å². The molecule has 0 spiro atoms. The first kappa shape index (κ1) is 22.3. The number of ether oxygens (including phenoxy) is 2. The van der Waals surface area contributed by atoms with Crippen LogP contribution in [0.15, 0.2) is 12.2 Å². The SMILES string of the molecule is CCCC/C=C/CCCCCCCCC#CCCOC1CCCCO1. The van der Waals surface area contributed by atoms with Crippen LogP contribution < -0.4 is 0 Å². The molecule has 0 N–H and O–H groups in total. The summed E-state index contributed by atoms with van der Waals surface area (Å²) in [6.07, 6.45) is 23.3. The molecule has 1 fully saturated rings. The fourth-order valence-electron chi connectivity index (χ4n) is 3.00.